The fourth-order valence-corrected chi connectivity index (χ4v) is 1.41. The molecule has 2 N–H and O–H groups in total. The SMILES string of the molecule is CN(CCC(N)=S)C(=O)c1c(F)cc(F)cc1F. The first-order chi connectivity index (χ1) is 8.32. The van der Waals surface area contributed by atoms with E-state index in [9.17, 15) is 18.0 Å². The van der Waals surface area contributed by atoms with Gasteiger partial charge in [0.05, 0.1) is 4.99 Å². The van der Waals surface area contributed by atoms with E-state index in [0.29, 0.717) is 12.1 Å². The van der Waals surface area contributed by atoms with E-state index in [1.54, 1.807) is 0 Å². The number of amides is 1. The lowest BCUT2D eigenvalue weighted by Gasteiger charge is -2.17. The van der Waals surface area contributed by atoms with E-state index >= 15 is 0 Å². The van der Waals surface area contributed by atoms with Crippen LogP contribution >= 0.6 is 12.2 Å². The Labute approximate surface area is 107 Å². The van der Waals surface area contributed by atoms with Crippen LogP contribution in [0.4, 0.5) is 13.2 Å². The first-order valence-corrected chi connectivity index (χ1v) is 5.42. The topological polar surface area (TPSA) is 46.3 Å². The molecule has 0 saturated carbocycles. The molecule has 0 aliphatic carbocycles. The molecule has 0 unspecified atom stereocenters. The van der Waals surface area contributed by atoms with Crippen molar-refractivity contribution >= 4 is 23.1 Å². The van der Waals surface area contributed by atoms with Crippen molar-refractivity contribution in [3.63, 3.8) is 0 Å². The van der Waals surface area contributed by atoms with Gasteiger partial charge in [-0.25, -0.2) is 13.2 Å². The number of nitrogens with two attached hydrogens (primary N) is 1. The summed E-state index contributed by atoms with van der Waals surface area (Å²) in [5, 5.41) is 0. The molecule has 0 aliphatic rings. The number of carbonyl (C=O) groups is 1. The lowest BCUT2D eigenvalue weighted by molar-refractivity contribution is 0.0789. The maximum atomic E-state index is 13.3. The predicted molar refractivity (Wildman–Crippen MR) is 64.7 cm³/mol. The summed E-state index contributed by atoms with van der Waals surface area (Å²) in [6.07, 6.45) is 0.238. The van der Waals surface area contributed by atoms with Crippen LogP contribution in [0, 0.1) is 17.5 Å². The number of benzene rings is 1. The van der Waals surface area contributed by atoms with Crippen LogP contribution in [0.25, 0.3) is 0 Å². The molecule has 0 fully saturated rings. The molecular weight excluding hydrogens is 265 g/mol. The minimum absolute atomic E-state index is 0.129. The highest BCUT2D eigenvalue weighted by Gasteiger charge is 2.21. The average Bonchev–Trinajstić information content (AvgIpc) is 2.24. The maximum absolute atomic E-state index is 13.3. The highest BCUT2D eigenvalue weighted by atomic mass is 32.1. The van der Waals surface area contributed by atoms with Crippen molar-refractivity contribution in [1.29, 1.82) is 0 Å². The van der Waals surface area contributed by atoms with Crippen molar-refractivity contribution in [3.05, 3.63) is 35.1 Å². The minimum atomic E-state index is -1.24. The molecule has 0 saturated heterocycles. The Hall–Kier alpha value is -1.63. The van der Waals surface area contributed by atoms with Crippen LogP contribution < -0.4 is 5.73 Å². The summed E-state index contributed by atoms with van der Waals surface area (Å²) >= 11 is 4.63. The zero-order chi connectivity index (χ0) is 13.9. The Bertz CT molecular complexity index is 470. The number of hydrogen-bond donors (Lipinski definition) is 1. The molecule has 0 atom stereocenters. The van der Waals surface area contributed by atoms with E-state index in [1.807, 2.05) is 0 Å². The molecule has 1 aromatic carbocycles. The van der Waals surface area contributed by atoms with Gasteiger partial charge < -0.3 is 10.6 Å². The summed E-state index contributed by atoms with van der Waals surface area (Å²) in [6, 6.07) is 0.912. The van der Waals surface area contributed by atoms with Gasteiger partial charge in [0.1, 0.15) is 23.0 Å². The molecule has 1 aromatic rings. The summed E-state index contributed by atoms with van der Waals surface area (Å²) in [6.45, 7) is 0.129. The van der Waals surface area contributed by atoms with Gasteiger partial charge >= 0.3 is 0 Å². The Kier molecular flexibility index (Phi) is 4.66. The Morgan fingerprint density at radius 2 is 1.83 bits per heavy atom. The number of nitrogens with zero attached hydrogens (tertiary/aromatic N) is 1. The molecule has 3 nitrogen and oxygen atoms in total. The van der Waals surface area contributed by atoms with E-state index in [0.717, 1.165) is 4.90 Å². The number of carbonyl (C=O) groups excluding carboxylic acids is 1. The van der Waals surface area contributed by atoms with Crippen LogP contribution in [0.5, 0.6) is 0 Å². The smallest absolute Gasteiger partial charge is 0.259 e. The standard InChI is InChI=1S/C11H11F3N2OS/c1-16(3-2-9(15)18)11(17)10-7(13)4-6(12)5-8(10)14/h4-5H,2-3H2,1H3,(H2,15,18). The van der Waals surface area contributed by atoms with Gasteiger partial charge in [-0.3, -0.25) is 4.79 Å². The zero-order valence-corrected chi connectivity index (χ0v) is 10.4. The normalized spacial score (nSPS) is 10.2. The molecule has 0 spiro atoms. The summed E-state index contributed by atoms with van der Waals surface area (Å²) in [4.78, 5) is 13.0. The van der Waals surface area contributed by atoms with E-state index in [2.05, 4.69) is 12.2 Å². The van der Waals surface area contributed by atoms with Crippen LogP contribution in [0.15, 0.2) is 12.1 Å². The number of thiocarbonyl (C=S) groups is 1. The lowest BCUT2D eigenvalue weighted by Crippen LogP contribution is -2.31. The average molecular weight is 276 g/mol. The zero-order valence-electron chi connectivity index (χ0n) is 9.54. The van der Waals surface area contributed by atoms with Crippen LogP contribution in [0.3, 0.4) is 0 Å². The van der Waals surface area contributed by atoms with Crippen LogP contribution in [-0.2, 0) is 0 Å². The molecule has 18 heavy (non-hydrogen) atoms. The number of rotatable bonds is 4. The van der Waals surface area contributed by atoms with Gasteiger partial charge in [-0.2, -0.15) is 0 Å². The summed E-state index contributed by atoms with van der Waals surface area (Å²) in [7, 11) is 1.35. The second-order valence-electron chi connectivity index (χ2n) is 3.69. The monoisotopic (exact) mass is 276 g/mol. The Morgan fingerprint density at radius 1 is 1.33 bits per heavy atom. The van der Waals surface area contributed by atoms with Crippen LogP contribution in [0.2, 0.25) is 0 Å². The van der Waals surface area contributed by atoms with Crippen molar-refractivity contribution in [1.82, 2.24) is 4.90 Å². The molecule has 0 aromatic heterocycles. The van der Waals surface area contributed by atoms with E-state index in [1.165, 1.54) is 7.05 Å². The molecule has 98 valence electrons. The molecule has 1 rings (SSSR count). The predicted octanol–water partition coefficient (Wildman–Crippen LogP) is 1.85. The van der Waals surface area contributed by atoms with Crippen molar-refractivity contribution in [2.45, 2.75) is 6.42 Å². The van der Waals surface area contributed by atoms with Crippen molar-refractivity contribution in [3.8, 4) is 0 Å². The van der Waals surface area contributed by atoms with Gasteiger partial charge in [-0.05, 0) is 0 Å². The van der Waals surface area contributed by atoms with Gasteiger partial charge in [0.25, 0.3) is 5.91 Å². The number of halogens is 3. The van der Waals surface area contributed by atoms with E-state index in [4.69, 9.17) is 5.73 Å². The minimum Gasteiger partial charge on any atom is -0.393 e. The molecule has 0 radical (unpaired) electrons. The third-order valence-electron chi connectivity index (χ3n) is 2.26. The summed E-state index contributed by atoms with van der Waals surface area (Å²) < 4.78 is 39.4. The van der Waals surface area contributed by atoms with Gasteiger partial charge in [0.15, 0.2) is 0 Å². The lowest BCUT2D eigenvalue weighted by atomic mass is 10.1. The van der Waals surface area contributed by atoms with Crippen molar-refractivity contribution in [2.24, 2.45) is 5.73 Å². The van der Waals surface area contributed by atoms with E-state index in [-0.39, 0.29) is 18.0 Å². The molecule has 1 amide bonds. The molecule has 0 heterocycles. The Morgan fingerprint density at radius 3 is 2.28 bits per heavy atom. The van der Waals surface area contributed by atoms with Gasteiger partial charge in [-0.15, -0.1) is 0 Å². The third-order valence-corrected chi connectivity index (χ3v) is 2.47. The fraction of sp³-hybridized carbons (Fsp3) is 0.273. The van der Waals surface area contributed by atoms with Gasteiger partial charge in [0, 0.05) is 32.1 Å². The second kappa shape index (κ2) is 5.81. The van der Waals surface area contributed by atoms with Crippen LogP contribution in [0.1, 0.15) is 16.8 Å². The fourth-order valence-electron chi connectivity index (χ4n) is 1.32. The van der Waals surface area contributed by atoms with Crippen molar-refractivity contribution < 1.29 is 18.0 Å². The summed E-state index contributed by atoms with van der Waals surface area (Å²) in [5.41, 5.74) is 4.47. The maximum Gasteiger partial charge on any atom is 0.259 e. The molecule has 0 bridgehead atoms. The third kappa shape index (κ3) is 3.43. The quantitative estimate of drug-likeness (QED) is 0.854. The molecular formula is C11H11F3N2OS. The Balaban J connectivity index is 2.93. The summed E-state index contributed by atoms with van der Waals surface area (Å²) in [5.74, 6) is -4.44. The second-order valence-corrected chi connectivity index (χ2v) is 4.21. The van der Waals surface area contributed by atoms with Crippen LogP contribution in [-0.4, -0.2) is 29.4 Å². The molecule has 0 aliphatic heterocycles. The largest absolute Gasteiger partial charge is 0.393 e. The molecule has 7 heteroatoms. The van der Waals surface area contributed by atoms with Crippen molar-refractivity contribution in [2.75, 3.05) is 13.6 Å². The highest BCUT2D eigenvalue weighted by Crippen LogP contribution is 2.16. The van der Waals surface area contributed by atoms with E-state index < -0.39 is 28.9 Å². The highest BCUT2D eigenvalue weighted by molar-refractivity contribution is 7.80. The first kappa shape index (κ1) is 14.4. The first-order valence-electron chi connectivity index (χ1n) is 5.01. The van der Waals surface area contributed by atoms with Gasteiger partial charge in [0.2, 0.25) is 0 Å². The number of hydrogen-bond acceptors (Lipinski definition) is 2. The van der Waals surface area contributed by atoms with Gasteiger partial charge in [-0.1, -0.05) is 12.2 Å².